The lowest BCUT2D eigenvalue weighted by Gasteiger charge is -2.09. The third-order valence-electron chi connectivity index (χ3n) is 3.94. The van der Waals surface area contributed by atoms with Crippen LogP contribution in [0.4, 0.5) is 0 Å². The lowest BCUT2D eigenvalue weighted by molar-refractivity contribution is -0.122. The van der Waals surface area contributed by atoms with Crippen LogP contribution < -0.4 is 5.32 Å². The summed E-state index contributed by atoms with van der Waals surface area (Å²) in [5.74, 6) is 0.320. The number of amides is 1. The second-order valence-corrected chi connectivity index (χ2v) is 5.52. The molecule has 2 heteroatoms. The maximum atomic E-state index is 12.1. The highest BCUT2D eigenvalue weighted by Crippen LogP contribution is 2.22. The maximum absolute atomic E-state index is 12.1. The van der Waals surface area contributed by atoms with Crippen LogP contribution in [0.1, 0.15) is 17.5 Å². The molecule has 2 aromatic rings. The van der Waals surface area contributed by atoms with Crippen LogP contribution in [-0.4, -0.2) is 11.9 Å². The molecule has 0 aliphatic carbocycles. The predicted molar refractivity (Wildman–Crippen MR) is 80.3 cm³/mol. The fraction of sp³-hybridized carbons (Fsp3) is 0.278. The van der Waals surface area contributed by atoms with Crippen LogP contribution in [0, 0.1) is 5.92 Å². The molecule has 0 radical (unpaired) electrons. The number of hydrogen-bond donors (Lipinski definition) is 1. The van der Waals surface area contributed by atoms with E-state index in [1.165, 1.54) is 11.1 Å². The van der Waals surface area contributed by atoms with Gasteiger partial charge in [-0.15, -0.1) is 0 Å². The smallest absolute Gasteiger partial charge is 0.223 e. The monoisotopic (exact) mass is 265 g/mol. The summed E-state index contributed by atoms with van der Waals surface area (Å²) in [5.41, 5.74) is 2.53. The Morgan fingerprint density at radius 3 is 2.00 bits per heavy atom. The first kappa shape index (κ1) is 12.9. The van der Waals surface area contributed by atoms with Crippen molar-refractivity contribution in [1.29, 1.82) is 0 Å². The zero-order valence-electron chi connectivity index (χ0n) is 11.5. The summed E-state index contributed by atoms with van der Waals surface area (Å²) >= 11 is 0. The number of carbonyl (C=O) groups is 1. The lowest BCUT2D eigenvalue weighted by Crippen LogP contribution is -2.28. The summed E-state index contributed by atoms with van der Waals surface area (Å²) < 4.78 is 0. The molecule has 3 rings (SSSR count). The topological polar surface area (TPSA) is 29.1 Å². The zero-order valence-corrected chi connectivity index (χ0v) is 11.5. The average Bonchev–Trinajstić information content (AvgIpc) is 2.81. The van der Waals surface area contributed by atoms with E-state index in [1.807, 2.05) is 36.4 Å². The van der Waals surface area contributed by atoms with Gasteiger partial charge >= 0.3 is 0 Å². The van der Waals surface area contributed by atoms with Gasteiger partial charge in [-0.05, 0) is 30.4 Å². The molecule has 1 N–H and O–H groups in total. The van der Waals surface area contributed by atoms with Crippen LogP contribution in [0.3, 0.4) is 0 Å². The van der Waals surface area contributed by atoms with Crippen molar-refractivity contribution in [2.24, 2.45) is 5.92 Å². The molecule has 1 saturated heterocycles. The van der Waals surface area contributed by atoms with Crippen molar-refractivity contribution < 1.29 is 4.79 Å². The van der Waals surface area contributed by atoms with Crippen molar-refractivity contribution in [3.63, 3.8) is 0 Å². The molecule has 20 heavy (non-hydrogen) atoms. The number of hydrogen-bond acceptors (Lipinski definition) is 1. The van der Waals surface area contributed by atoms with Gasteiger partial charge in [0.2, 0.25) is 5.91 Å². The molecule has 2 nitrogen and oxygen atoms in total. The van der Waals surface area contributed by atoms with E-state index in [9.17, 15) is 4.79 Å². The quantitative estimate of drug-likeness (QED) is 0.904. The van der Waals surface area contributed by atoms with Gasteiger partial charge in [0.15, 0.2) is 0 Å². The Labute approximate surface area is 119 Å². The normalized spacial score (nSPS) is 21.7. The molecule has 2 aromatic carbocycles. The molecule has 0 bridgehead atoms. The molecule has 2 atom stereocenters. The van der Waals surface area contributed by atoms with E-state index in [2.05, 4.69) is 29.6 Å². The summed E-state index contributed by atoms with van der Waals surface area (Å²) in [5, 5.41) is 3.13. The van der Waals surface area contributed by atoms with E-state index in [0.717, 1.165) is 19.3 Å². The zero-order chi connectivity index (χ0) is 13.8. The fourth-order valence-electron chi connectivity index (χ4n) is 2.94. The molecule has 102 valence electrons. The Hall–Kier alpha value is -2.09. The Morgan fingerprint density at radius 2 is 1.40 bits per heavy atom. The molecule has 0 spiro atoms. The maximum Gasteiger partial charge on any atom is 0.223 e. The first-order chi connectivity index (χ1) is 9.81. The molecular formula is C18H19NO. The van der Waals surface area contributed by atoms with Crippen molar-refractivity contribution in [1.82, 2.24) is 5.32 Å². The Bertz CT molecular complexity index is 564. The van der Waals surface area contributed by atoms with Crippen LogP contribution in [0.25, 0.3) is 0 Å². The molecule has 1 aliphatic rings. The third-order valence-corrected chi connectivity index (χ3v) is 3.94. The molecular weight excluding hydrogens is 246 g/mol. The van der Waals surface area contributed by atoms with Gasteiger partial charge < -0.3 is 5.32 Å². The highest BCUT2D eigenvalue weighted by atomic mass is 16.2. The predicted octanol–water partition coefficient (Wildman–Crippen LogP) is 2.98. The minimum Gasteiger partial charge on any atom is -0.353 e. The van der Waals surface area contributed by atoms with Gasteiger partial charge in [-0.2, -0.15) is 0 Å². The first-order valence-corrected chi connectivity index (χ1v) is 7.19. The Morgan fingerprint density at radius 1 is 0.850 bits per heavy atom. The molecule has 1 aliphatic heterocycles. The SMILES string of the molecule is O=C1N[C@@H](Cc2ccccc2)C[C@@H]1Cc1ccccc1. The van der Waals surface area contributed by atoms with Crippen LogP contribution in [-0.2, 0) is 17.6 Å². The Balaban J connectivity index is 1.61. The van der Waals surface area contributed by atoms with Gasteiger partial charge in [0, 0.05) is 12.0 Å². The van der Waals surface area contributed by atoms with Crippen molar-refractivity contribution >= 4 is 5.91 Å². The van der Waals surface area contributed by atoms with Crippen LogP contribution in [0.5, 0.6) is 0 Å². The van der Waals surface area contributed by atoms with Crippen LogP contribution in [0.15, 0.2) is 60.7 Å². The molecule has 0 aromatic heterocycles. The summed E-state index contributed by atoms with van der Waals surface area (Å²) in [6.07, 6.45) is 2.71. The fourth-order valence-corrected chi connectivity index (χ4v) is 2.94. The summed E-state index contributed by atoms with van der Waals surface area (Å²) in [4.78, 5) is 12.1. The second kappa shape index (κ2) is 5.91. The van der Waals surface area contributed by atoms with Crippen molar-refractivity contribution in [2.75, 3.05) is 0 Å². The summed E-state index contributed by atoms with van der Waals surface area (Å²) in [6.45, 7) is 0. The second-order valence-electron chi connectivity index (χ2n) is 5.52. The molecule has 1 amide bonds. The van der Waals surface area contributed by atoms with Gasteiger partial charge in [0.05, 0.1) is 0 Å². The summed E-state index contributed by atoms with van der Waals surface area (Å²) in [7, 11) is 0. The molecule has 1 fully saturated rings. The van der Waals surface area contributed by atoms with E-state index in [0.29, 0.717) is 0 Å². The van der Waals surface area contributed by atoms with Crippen molar-refractivity contribution in [3.8, 4) is 0 Å². The highest BCUT2D eigenvalue weighted by molar-refractivity contribution is 5.81. The van der Waals surface area contributed by atoms with Gasteiger partial charge in [0.25, 0.3) is 0 Å². The van der Waals surface area contributed by atoms with Crippen molar-refractivity contribution in [2.45, 2.75) is 25.3 Å². The standard InChI is InChI=1S/C18H19NO/c20-18-16(11-14-7-3-1-4-8-14)13-17(19-18)12-15-9-5-2-6-10-15/h1-10,16-17H,11-13H2,(H,19,20)/t16-,17-/m0/s1. The number of carbonyl (C=O) groups excluding carboxylic acids is 1. The highest BCUT2D eigenvalue weighted by Gasteiger charge is 2.31. The largest absolute Gasteiger partial charge is 0.353 e. The van der Waals surface area contributed by atoms with E-state index in [-0.39, 0.29) is 17.9 Å². The average molecular weight is 265 g/mol. The minimum absolute atomic E-state index is 0.117. The minimum atomic E-state index is 0.117. The third kappa shape index (κ3) is 3.08. The Kier molecular flexibility index (Phi) is 3.82. The van der Waals surface area contributed by atoms with E-state index < -0.39 is 0 Å². The van der Waals surface area contributed by atoms with Gasteiger partial charge in [-0.3, -0.25) is 4.79 Å². The molecule has 0 saturated carbocycles. The van der Waals surface area contributed by atoms with Gasteiger partial charge in [0.1, 0.15) is 0 Å². The summed E-state index contributed by atoms with van der Waals surface area (Å²) in [6, 6.07) is 20.9. The molecule has 0 unspecified atom stereocenters. The van der Waals surface area contributed by atoms with E-state index in [4.69, 9.17) is 0 Å². The van der Waals surface area contributed by atoms with E-state index >= 15 is 0 Å². The van der Waals surface area contributed by atoms with Crippen molar-refractivity contribution in [3.05, 3.63) is 71.8 Å². The van der Waals surface area contributed by atoms with Gasteiger partial charge in [-0.25, -0.2) is 0 Å². The van der Waals surface area contributed by atoms with E-state index in [1.54, 1.807) is 0 Å². The number of benzene rings is 2. The van der Waals surface area contributed by atoms with Crippen LogP contribution in [0.2, 0.25) is 0 Å². The lowest BCUT2D eigenvalue weighted by atomic mass is 9.94. The molecule has 1 heterocycles. The van der Waals surface area contributed by atoms with Gasteiger partial charge in [-0.1, -0.05) is 60.7 Å². The number of rotatable bonds is 4. The van der Waals surface area contributed by atoms with Crippen LogP contribution >= 0.6 is 0 Å². The number of nitrogens with one attached hydrogen (secondary N) is 1. The first-order valence-electron chi connectivity index (χ1n) is 7.19.